The van der Waals surface area contributed by atoms with E-state index in [0.29, 0.717) is 27.3 Å². The molecule has 0 aliphatic rings. The number of nitrogen functional groups attached to an aromatic ring is 1. The first-order valence-electron chi connectivity index (χ1n) is 6.03. The molecule has 2 aromatic carbocycles. The van der Waals surface area contributed by atoms with Crippen molar-refractivity contribution in [3.63, 3.8) is 0 Å². The lowest BCUT2D eigenvalue weighted by molar-refractivity contribution is 0.632. The second-order valence-corrected chi connectivity index (χ2v) is 4.87. The van der Waals surface area contributed by atoms with E-state index < -0.39 is 5.82 Å². The van der Waals surface area contributed by atoms with E-state index in [9.17, 15) is 9.18 Å². The molecule has 3 rings (SSSR count). The van der Waals surface area contributed by atoms with Crippen LogP contribution in [0, 0.1) is 5.82 Å². The summed E-state index contributed by atoms with van der Waals surface area (Å²) in [5.74, 6) is -0.499. The average molecular weight is 305 g/mol. The van der Waals surface area contributed by atoms with Crippen LogP contribution in [0.5, 0.6) is 0 Å². The van der Waals surface area contributed by atoms with Crippen LogP contribution in [0.15, 0.2) is 41.5 Å². The van der Waals surface area contributed by atoms with Crippen molar-refractivity contribution < 1.29 is 4.39 Å². The number of hydrogen-bond donors (Lipinski definition) is 3. The molecular formula is C14H10ClFN4O. The molecule has 21 heavy (non-hydrogen) atoms. The summed E-state index contributed by atoms with van der Waals surface area (Å²) in [4.78, 5) is 18.2. The first-order chi connectivity index (χ1) is 10.0. The fourth-order valence-corrected chi connectivity index (χ4v) is 2.13. The molecule has 0 atom stereocenters. The third kappa shape index (κ3) is 2.53. The van der Waals surface area contributed by atoms with E-state index in [4.69, 9.17) is 17.3 Å². The fourth-order valence-electron chi connectivity index (χ4n) is 1.98. The molecule has 7 heteroatoms. The Morgan fingerprint density at radius 1 is 1.24 bits per heavy atom. The van der Waals surface area contributed by atoms with Crippen molar-refractivity contribution >= 4 is 39.6 Å². The Morgan fingerprint density at radius 3 is 2.81 bits per heavy atom. The van der Waals surface area contributed by atoms with Crippen LogP contribution in [-0.4, -0.2) is 9.97 Å². The van der Waals surface area contributed by atoms with Gasteiger partial charge in [-0.1, -0.05) is 11.6 Å². The quantitative estimate of drug-likeness (QED) is 0.635. The van der Waals surface area contributed by atoms with E-state index in [2.05, 4.69) is 15.3 Å². The Kier molecular flexibility index (Phi) is 3.23. The number of fused-ring (bicyclic) bond motifs is 1. The highest BCUT2D eigenvalue weighted by atomic mass is 35.5. The lowest BCUT2D eigenvalue weighted by atomic mass is 10.2. The smallest absolute Gasteiger partial charge is 0.258 e. The van der Waals surface area contributed by atoms with Gasteiger partial charge in [-0.3, -0.25) is 4.79 Å². The lowest BCUT2D eigenvalue weighted by Crippen LogP contribution is -2.08. The number of rotatable bonds is 2. The molecule has 0 aliphatic heterocycles. The zero-order valence-electron chi connectivity index (χ0n) is 10.7. The van der Waals surface area contributed by atoms with E-state index >= 15 is 0 Å². The van der Waals surface area contributed by atoms with Gasteiger partial charge in [0.2, 0.25) is 0 Å². The van der Waals surface area contributed by atoms with Gasteiger partial charge in [-0.25, -0.2) is 9.37 Å². The van der Waals surface area contributed by atoms with Gasteiger partial charge in [0.15, 0.2) is 0 Å². The molecule has 1 aromatic heterocycles. The maximum absolute atomic E-state index is 13.8. The van der Waals surface area contributed by atoms with Gasteiger partial charge in [-0.05, 0) is 30.3 Å². The summed E-state index contributed by atoms with van der Waals surface area (Å²) in [5, 5.41) is 3.54. The van der Waals surface area contributed by atoms with Gasteiger partial charge in [0.1, 0.15) is 5.82 Å². The normalized spacial score (nSPS) is 10.8. The monoisotopic (exact) mass is 304 g/mol. The summed E-state index contributed by atoms with van der Waals surface area (Å²) in [7, 11) is 0. The molecule has 5 nitrogen and oxygen atoms in total. The summed E-state index contributed by atoms with van der Waals surface area (Å²) in [6.07, 6.45) is 1.30. The van der Waals surface area contributed by atoms with Gasteiger partial charge in [-0.2, -0.15) is 0 Å². The number of halogens is 2. The molecule has 0 unspecified atom stereocenters. The summed E-state index contributed by atoms with van der Waals surface area (Å²) in [6.45, 7) is 0. The van der Waals surface area contributed by atoms with Gasteiger partial charge in [-0.15, -0.1) is 0 Å². The van der Waals surface area contributed by atoms with E-state index in [1.807, 2.05) is 0 Å². The van der Waals surface area contributed by atoms with Crippen molar-refractivity contribution in [2.45, 2.75) is 0 Å². The number of nitrogens with two attached hydrogens (primary N) is 1. The maximum Gasteiger partial charge on any atom is 0.258 e. The highest BCUT2D eigenvalue weighted by Crippen LogP contribution is 2.28. The standard InChI is InChI=1S/C14H10ClFN4O/c15-7-1-2-11(9(16)3-7)20-13-5-12-8(4-10(13)17)14(21)19-6-18-12/h1-6,20H,17H2,(H,18,19,21). The third-order valence-corrected chi connectivity index (χ3v) is 3.25. The summed E-state index contributed by atoms with van der Waals surface area (Å²) < 4.78 is 13.8. The van der Waals surface area contributed by atoms with E-state index in [0.717, 1.165) is 0 Å². The van der Waals surface area contributed by atoms with Crippen LogP contribution >= 0.6 is 11.6 Å². The van der Waals surface area contributed by atoms with Crippen LogP contribution in [0.3, 0.4) is 0 Å². The predicted molar refractivity (Wildman–Crippen MR) is 81.5 cm³/mol. The van der Waals surface area contributed by atoms with Crippen LogP contribution in [-0.2, 0) is 0 Å². The largest absolute Gasteiger partial charge is 0.397 e. The van der Waals surface area contributed by atoms with Crippen LogP contribution < -0.4 is 16.6 Å². The molecule has 106 valence electrons. The lowest BCUT2D eigenvalue weighted by Gasteiger charge is -2.11. The number of H-pyrrole nitrogens is 1. The van der Waals surface area contributed by atoms with E-state index in [-0.39, 0.29) is 11.2 Å². The number of nitrogens with one attached hydrogen (secondary N) is 2. The minimum absolute atomic E-state index is 0.232. The van der Waals surface area contributed by atoms with Crippen molar-refractivity contribution in [2.75, 3.05) is 11.1 Å². The number of benzene rings is 2. The topological polar surface area (TPSA) is 83.8 Å². The summed E-state index contributed by atoms with van der Waals surface area (Å²) >= 11 is 5.71. The van der Waals surface area contributed by atoms with Gasteiger partial charge in [0, 0.05) is 5.02 Å². The first kappa shape index (κ1) is 13.4. The SMILES string of the molecule is Nc1cc2c(=O)[nH]cnc2cc1Nc1ccc(Cl)cc1F. The van der Waals surface area contributed by atoms with Crippen molar-refractivity contribution in [1.29, 1.82) is 0 Å². The molecule has 3 aromatic rings. The number of hydrogen-bond acceptors (Lipinski definition) is 4. The van der Waals surface area contributed by atoms with Crippen LogP contribution in [0.4, 0.5) is 21.5 Å². The zero-order chi connectivity index (χ0) is 15.0. The highest BCUT2D eigenvalue weighted by molar-refractivity contribution is 6.30. The van der Waals surface area contributed by atoms with Crippen LogP contribution in [0.2, 0.25) is 5.02 Å². The molecule has 0 amide bonds. The molecule has 0 saturated carbocycles. The molecule has 0 fully saturated rings. The highest BCUT2D eigenvalue weighted by Gasteiger charge is 2.09. The van der Waals surface area contributed by atoms with Gasteiger partial charge < -0.3 is 16.0 Å². The van der Waals surface area contributed by atoms with E-state index in [1.54, 1.807) is 12.1 Å². The first-order valence-corrected chi connectivity index (χ1v) is 6.41. The summed E-state index contributed by atoms with van der Waals surface area (Å²) in [5.41, 5.74) is 7.08. The number of nitrogens with zero attached hydrogens (tertiary/aromatic N) is 1. The second-order valence-electron chi connectivity index (χ2n) is 4.44. The Hall–Kier alpha value is -2.60. The van der Waals surface area contributed by atoms with Gasteiger partial charge >= 0.3 is 0 Å². The van der Waals surface area contributed by atoms with Crippen LogP contribution in [0.1, 0.15) is 0 Å². The molecule has 1 heterocycles. The molecule has 0 bridgehead atoms. The van der Waals surface area contributed by atoms with E-state index in [1.165, 1.54) is 24.5 Å². The van der Waals surface area contributed by atoms with Crippen LogP contribution in [0.25, 0.3) is 10.9 Å². The average Bonchev–Trinajstić information content (AvgIpc) is 2.44. The molecule has 0 radical (unpaired) electrons. The van der Waals surface area contributed by atoms with Crippen molar-refractivity contribution in [2.24, 2.45) is 0 Å². The minimum Gasteiger partial charge on any atom is -0.397 e. The number of anilines is 3. The fraction of sp³-hybridized carbons (Fsp3) is 0. The summed E-state index contributed by atoms with van der Waals surface area (Å²) in [6, 6.07) is 7.36. The number of aromatic amines is 1. The molecule has 4 N–H and O–H groups in total. The Morgan fingerprint density at radius 2 is 2.05 bits per heavy atom. The van der Waals surface area contributed by atoms with Crippen molar-refractivity contribution in [1.82, 2.24) is 9.97 Å². The van der Waals surface area contributed by atoms with Crippen molar-refractivity contribution in [3.05, 3.63) is 57.9 Å². The Balaban J connectivity index is 2.08. The maximum atomic E-state index is 13.8. The number of aromatic nitrogens is 2. The molecular weight excluding hydrogens is 295 g/mol. The zero-order valence-corrected chi connectivity index (χ0v) is 11.4. The molecule has 0 aliphatic carbocycles. The van der Waals surface area contributed by atoms with Gasteiger partial charge in [0.05, 0.1) is 34.3 Å². The minimum atomic E-state index is -0.499. The molecule has 0 spiro atoms. The Bertz CT molecular complexity index is 894. The Labute approximate surface area is 123 Å². The predicted octanol–water partition coefficient (Wildman–Crippen LogP) is 3.04. The van der Waals surface area contributed by atoms with Gasteiger partial charge in [0.25, 0.3) is 5.56 Å². The second kappa shape index (κ2) is 5.06. The molecule has 0 saturated heterocycles. The van der Waals surface area contributed by atoms with Crippen molar-refractivity contribution in [3.8, 4) is 0 Å². The third-order valence-electron chi connectivity index (χ3n) is 3.01.